The quantitative estimate of drug-likeness (QED) is 0.663. The lowest BCUT2D eigenvalue weighted by Gasteiger charge is -2.15. The summed E-state index contributed by atoms with van der Waals surface area (Å²) in [5.41, 5.74) is 2.21. The maximum Gasteiger partial charge on any atom is 0.165 e. The first-order valence-corrected chi connectivity index (χ1v) is 5.88. The zero-order valence-electron chi connectivity index (χ0n) is 9.13. The van der Waals surface area contributed by atoms with Crippen LogP contribution in [0.2, 0.25) is 0 Å². The van der Waals surface area contributed by atoms with E-state index in [2.05, 4.69) is 6.08 Å². The monoisotopic (exact) mass is 206 g/mol. The number of ketones is 1. The van der Waals surface area contributed by atoms with Crippen LogP contribution in [0.5, 0.6) is 0 Å². The van der Waals surface area contributed by atoms with Gasteiger partial charge in [0.15, 0.2) is 5.78 Å². The lowest BCUT2D eigenvalue weighted by atomic mass is 9.92. The van der Waals surface area contributed by atoms with Crippen LogP contribution in [0.1, 0.15) is 44.9 Å². The molecule has 15 heavy (non-hydrogen) atoms. The highest BCUT2D eigenvalue weighted by atomic mass is 16.5. The molecule has 82 valence electrons. The van der Waals surface area contributed by atoms with Crippen molar-refractivity contribution in [3.8, 4) is 0 Å². The Hall–Kier alpha value is -1.05. The molecule has 1 aliphatic carbocycles. The van der Waals surface area contributed by atoms with Crippen molar-refractivity contribution in [2.45, 2.75) is 44.9 Å². The zero-order valence-corrected chi connectivity index (χ0v) is 9.13. The SMILES string of the molecule is O=C(CC1=CCCCC1)C1=COCCC1. The van der Waals surface area contributed by atoms with Crippen LogP contribution in [0.15, 0.2) is 23.5 Å². The summed E-state index contributed by atoms with van der Waals surface area (Å²) in [5, 5.41) is 0. The van der Waals surface area contributed by atoms with Gasteiger partial charge in [0.1, 0.15) is 0 Å². The van der Waals surface area contributed by atoms with E-state index >= 15 is 0 Å². The van der Waals surface area contributed by atoms with Gasteiger partial charge in [0, 0.05) is 12.0 Å². The molecule has 0 aromatic rings. The summed E-state index contributed by atoms with van der Waals surface area (Å²) in [6, 6.07) is 0. The number of hydrogen-bond donors (Lipinski definition) is 0. The summed E-state index contributed by atoms with van der Waals surface area (Å²) < 4.78 is 5.19. The number of allylic oxidation sites excluding steroid dienone is 3. The van der Waals surface area contributed by atoms with Crippen molar-refractivity contribution in [3.05, 3.63) is 23.5 Å². The summed E-state index contributed by atoms with van der Waals surface area (Å²) in [6.45, 7) is 0.763. The maximum absolute atomic E-state index is 11.9. The summed E-state index contributed by atoms with van der Waals surface area (Å²) >= 11 is 0. The summed E-state index contributed by atoms with van der Waals surface area (Å²) in [5.74, 6) is 0.267. The van der Waals surface area contributed by atoms with E-state index in [1.54, 1.807) is 6.26 Å². The molecule has 0 amide bonds. The number of ether oxygens (including phenoxy) is 1. The second-order valence-electron chi connectivity index (χ2n) is 4.33. The van der Waals surface area contributed by atoms with Crippen molar-refractivity contribution < 1.29 is 9.53 Å². The van der Waals surface area contributed by atoms with Crippen LogP contribution in [0.4, 0.5) is 0 Å². The van der Waals surface area contributed by atoms with E-state index in [1.807, 2.05) is 0 Å². The summed E-state index contributed by atoms with van der Waals surface area (Å²) in [7, 11) is 0. The Labute approximate surface area is 91.0 Å². The second-order valence-corrected chi connectivity index (χ2v) is 4.33. The zero-order chi connectivity index (χ0) is 10.5. The van der Waals surface area contributed by atoms with Gasteiger partial charge in [-0.25, -0.2) is 0 Å². The van der Waals surface area contributed by atoms with Crippen LogP contribution in [-0.2, 0) is 9.53 Å². The van der Waals surface area contributed by atoms with E-state index in [4.69, 9.17) is 4.74 Å². The predicted molar refractivity (Wildman–Crippen MR) is 59.4 cm³/mol. The van der Waals surface area contributed by atoms with Gasteiger partial charge in [0.2, 0.25) is 0 Å². The van der Waals surface area contributed by atoms with Gasteiger partial charge < -0.3 is 4.74 Å². The lowest BCUT2D eigenvalue weighted by molar-refractivity contribution is -0.115. The molecule has 2 nitrogen and oxygen atoms in total. The number of carbonyl (C=O) groups is 1. The van der Waals surface area contributed by atoms with E-state index in [9.17, 15) is 4.79 Å². The van der Waals surface area contributed by atoms with Crippen molar-refractivity contribution in [3.63, 3.8) is 0 Å². The Bertz CT molecular complexity index is 300. The molecular weight excluding hydrogens is 188 g/mol. The highest BCUT2D eigenvalue weighted by molar-refractivity contribution is 5.96. The maximum atomic E-state index is 11.9. The number of carbonyl (C=O) groups excluding carboxylic acids is 1. The molecule has 0 atom stereocenters. The molecule has 0 aromatic carbocycles. The molecule has 0 unspecified atom stereocenters. The van der Waals surface area contributed by atoms with E-state index in [0.717, 1.165) is 37.9 Å². The summed E-state index contributed by atoms with van der Waals surface area (Å²) in [4.78, 5) is 11.9. The minimum absolute atomic E-state index is 0.267. The molecule has 2 aliphatic rings. The Morgan fingerprint density at radius 1 is 1.27 bits per heavy atom. The van der Waals surface area contributed by atoms with Crippen molar-refractivity contribution in [1.29, 1.82) is 0 Å². The molecule has 2 heteroatoms. The lowest BCUT2D eigenvalue weighted by Crippen LogP contribution is -2.10. The van der Waals surface area contributed by atoms with Crippen LogP contribution in [0.25, 0.3) is 0 Å². The third-order valence-electron chi connectivity index (χ3n) is 3.06. The average molecular weight is 206 g/mol. The van der Waals surface area contributed by atoms with Gasteiger partial charge in [-0.1, -0.05) is 11.6 Å². The Morgan fingerprint density at radius 3 is 2.87 bits per heavy atom. The van der Waals surface area contributed by atoms with E-state index in [-0.39, 0.29) is 5.78 Å². The van der Waals surface area contributed by atoms with Crippen LogP contribution < -0.4 is 0 Å². The van der Waals surface area contributed by atoms with Crippen LogP contribution in [0.3, 0.4) is 0 Å². The highest BCUT2D eigenvalue weighted by Crippen LogP contribution is 2.23. The van der Waals surface area contributed by atoms with Crippen molar-refractivity contribution in [1.82, 2.24) is 0 Å². The number of rotatable bonds is 3. The van der Waals surface area contributed by atoms with Crippen molar-refractivity contribution >= 4 is 5.78 Å². The molecule has 0 bridgehead atoms. The minimum Gasteiger partial charge on any atom is -0.501 e. The molecular formula is C13H18O2. The minimum atomic E-state index is 0.267. The Kier molecular flexibility index (Phi) is 3.59. The molecule has 2 rings (SSSR count). The molecule has 1 aliphatic heterocycles. The first-order valence-electron chi connectivity index (χ1n) is 5.88. The largest absolute Gasteiger partial charge is 0.501 e. The van der Waals surface area contributed by atoms with Gasteiger partial charge in [-0.15, -0.1) is 0 Å². The molecule has 0 N–H and O–H groups in total. The molecule has 0 saturated heterocycles. The Balaban J connectivity index is 1.90. The average Bonchev–Trinajstić information content (AvgIpc) is 2.31. The molecule has 0 saturated carbocycles. The molecule has 0 radical (unpaired) electrons. The second kappa shape index (κ2) is 5.15. The van der Waals surface area contributed by atoms with Gasteiger partial charge >= 0.3 is 0 Å². The third kappa shape index (κ3) is 2.95. The van der Waals surface area contributed by atoms with Crippen molar-refractivity contribution in [2.75, 3.05) is 6.61 Å². The van der Waals surface area contributed by atoms with E-state index in [1.165, 1.54) is 18.4 Å². The molecule has 0 fully saturated rings. The van der Waals surface area contributed by atoms with Gasteiger partial charge in [-0.3, -0.25) is 4.79 Å². The van der Waals surface area contributed by atoms with Crippen molar-refractivity contribution in [2.24, 2.45) is 0 Å². The number of hydrogen-bond acceptors (Lipinski definition) is 2. The van der Waals surface area contributed by atoms with Gasteiger partial charge in [-0.2, -0.15) is 0 Å². The first-order chi connectivity index (χ1) is 7.36. The third-order valence-corrected chi connectivity index (χ3v) is 3.06. The smallest absolute Gasteiger partial charge is 0.165 e. The van der Waals surface area contributed by atoms with E-state index in [0.29, 0.717) is 6.42 Å². The van der Waals surface area contributed by atoms with Gasteiger partial charge in [0.05, 0.1) is 12.9 Å². The fourth-order valence-corrected chi connectivity index (χ4v) is 2.15. The van der Waals surface area contributed by atoms with Gasteiger partial charge in [-0.05, 0) is 38.5 Å². The predicted octanol–water partition coefficient (Wildman–Crippen LogP) is 3.14. The topological polar surface area (TPSA) is 26.3 Å². The highest BCUT2D eigenvalue weighted by Gasteiger charge is 2.15. The summed E-state index contributed by atoms with van der Waals surface area (Å²) in [6.07, 6.45) is 11.2. The van der Waals surface area contributed by atoms with Gasteiger partial charge in [0.25, 0.3) is 0 Å². The standard InChI is InChI=1S/C13H18O2/c14-13(12-7-4-8-15-10-12)9-11-5-2-1-3-6-11/h5,10H,1-4,6-9H2. The van der Waals surface area contributed by atoms with E-state index < -0.39 is 0 Å². The first kappa shape index (κ1) is 10.5. The van der Waals surface area contributed by atoms with Crippen LogP contribution in [0, 0.1) is 0 Å². The van der Waals surface area contributed by atoms with Crippen LogP contribution in [-0.4, -0.2) is 12.4 Å². The molecule has 1 heterocycles. The molecule has 0 spiro atoms. The van der Waals surface area contributed by atoms with Crippen LogP contribution >= 0.6 is 0 Å². The fourth-order valence-electron chi connectivity index (χ4n) is 2.15. The number of Topliss-reactive ketones (excluding diaryl/α,β-unsaturated/α-hetero) is 1. The Morgan fingerprint density at radius 2 is 2.20 bits per heavy atom. The normalized spacial score (nSPS) is 21.3. The fraction of sp³-hybridized carbons (Fsp3) is 0.615. The molecule has 0 aromatic heterocycles.